The molecule has 1 fully saturated rings. The Kier molecular flexibility index (Phi) is 2.81. The molecule has 0 atom stereocenters. The lowest BCUT2D eigenvalue weighted by Gasteiger charge is -2.26. The zero-order valence-corrected chi connectivity index (χ0v) is 9.76. The maximum atomic E-state index is 11.8. The molecule has 1 aliphatic rings. The van der Waals surface area contributed by atoms with E-state index in [1.807, 2.05) is 18.5 Å². The molecule has 18 heavy (non-hydrogen) atoms. The number of aromatic amines is 1. The van der Waals surface area contributed by atoms with Crippen LogP contribution in [0.2, 0.25) is 0 Å². The quantitative estimate of drug-likeness (QED) is 0.690. The highest BCUT2D eigenvalue weighted by molar-refractivity contribution is 5.91. The fourth-order valence-corrected chi connectivity index (χ4v) is 1.76. The number of rotatable bonds is 4. The maximum Gasteiger partial charge on any atom is 0.273 e. The van der Waals surface area contributed by atoms with Crippen molar-refractivity contribution in [1.29, 1.82) is 0 Å². The molecule has 3 heterocycles. The average molecular weight is 246 g/mol. The summed E-state index contributed by atoms with van der Waals surface area (Å²) in [6, 6.07) is 2.24. The molecule has 7 nitrogen and oxygen atoms in total. The van der Waals surface area contributed by atoms with Crippen molar-refractivity contribution in [2.45, 2.75) is 12.6 Å². The van der Waals surface area contributed by atoms with Gasteiger partial charge in [-0.05, 0) is 11.6 Å². The van der Waals surface area contributed by atoms with Crippen molar-refractivity contribution in [1.82, 2.24) is 30.6 Å². The first-order valence-corrected chi connectivity index (χ1v) is 5.85. The molecule has 1 aliphatic heterocycles. The molecule has 94 valence electrons. The lowest BCUT2D eigenvalue weighted by molar-refractivity contribution is 0.0946. The van der Waals surface area contributed by atoms with Gasteiger partial charge in [-0.25, -0.2) is 4.68 Å². The molecule has 2 aromatic heterocycles. The van der Waals surface area contributed by atoms with E-state index in [1.165, 1.54) is 0 Å². The van der Waals surface area contributed by atoms with Gasteiger partial charge in [-0.2, -0.15) is 0 Å². The minimum absolute atomic E-state index is 0.199. The average Bonchev–Trinajstić information content (AvgIpc) is 2.94. The van der Waals surface area contributed by atoms with Gasteiger partial charge >= 0.3 is 0 Å². The summed E-state index contributed by atoms with van der Waals surface area (Å²) in [5, 5.41) is 13.8. The van der Waals surface area contributed by atoms with Crippen LogP contribution in [0.4, 0.5) is 0 Å². The van der Waals surface area contributed by atoms with Gasteiger partial charge in [0.2, 0.25) is 0 Å². The van der Waals surface area contributed by atoms with Crippen LogP contribution in [0.25, 0.3) is 0 Å². The number of carbonyl (C=O) groups excluding carboxylic acids is 1. The molecule has 0 spiro atoms. The maximum absolute atomic E-state index is 11.8. The number of carbonyl (C=O) groups is 1. The number of H-pyrrole nitrogens is 1. The second kappa shape index (κ2) is 4.61. The summed E-state index contributed by atoms with van der Waals surface area (Å²) in [6.45, 7) is 2.25. The van der Waals surface area contributed by atoms with Crippen molar-refractivity contribution in [3.63, 3.8) is 0 Å². The van der Waals surface area contributed by atoms with E-state index in [1.54, 1.807) is 10.9 Å². The number of aromatic nitrogens is 4. The molecule has 1 saturated heterocycles. The third-order valence-corrected chi connectivity index (χ3v) is 2.99. The highest BCUT2D eigenvalue weighted by Gasteiger charge is 2.21. The normalized spacial score (nSPS) is 15.3. The Hall–Kier alpha value is -2.15. The van der Waals surface area contributed by atoms with Crippen LogP contribution >= 0.6 is 0 Å². The first kappa shape index (κ1) is 11.0. The van der Waals surface area contributed by atoms with E-state index in [0.29, 0.717) is 18.3 Å². The molecule has 0 aliphatic carbocycles. The minimum atomic E-state index is -0.199. The Labute approximate surface area is 104 Å². The van der Waals surface area contributed by atoms with Crippen LogP contribution in [-0.2, 0) is 6.54 Å². The van der Waals surface area contributed by atoms with Crippen LogP contribution in [0.1, 0.15) is 22.1 Å². The zero-order valence-electron chi connectivity index (χ0n) is 9.76. The lowest BCUT2D eigenvalue weighted by Crippen LogP contribution is -2.43. The van der Waals surface area contributed by atoms with E-state index < -0.39 is 0 Å². The topological polar surface area (TPSA) is 87.6 Å². The molecular weight excluding hydrogens is 232 g/mol. The van der Waals surface area contributed by atoms with Gasteiger partial charge in [0.25, 0.3) is 5.91 Å². The standard InChI is InChI=1S/C11H14N6O/c18-11(14-4-8-1-2-12-3-8)10-7-17(16-15-10)9-5-13-6-9/h1-3,7,9,12-13H,4-6H2,(H,14,18). The Morgan fingerprint density at radius 1 is 1.56 bits per heavy atom. The van der Waals surface area contributed by atoms with E-state index in [2.05, 4.69) is 25.9 Å². The SMILES string of the molecule is O=C(NCc1cc[nH]c1)c1cn(C2CNC2)nn1. The van der Waals surface area contributed by atoms with Gasteiger partial charge in [-0.1, -0.05) is 5.21 Å². The van der Waals surface area contributed by atoms with Crippen molar-refractivity contribution in [2.75, 3.05) is 13.1 Å². The van der Waals surface area contributed by atoms with Gasteiger partial charge in [0, 0.05) is 32.0 Å². The molecule has 3 N–H and O–H groups in total. The largest absolute Gasteiger partial charge is 0.367 e. The third kappa shape index (κ3) is 2.12. The van der Waals surface area contributed by atoms with Crippen molar-refractivity contribution in [2.24, 2.45) is 0 Å². The lowest BCUT2D eigenvalue weighted by atomic mass is 10.2. The van der Waals surface area contributed by atoms with Crippen LogP contribution in [-0.4, -0.2) is 39.0 Å². The molecular formula is C11H14N6O. The van der Waals surface area contributed by atoms with Crippen LogP contribution in [0.15, 0.2) is 24.7 Å². The van der Waals surface area contributed by atoms with Gasteiger partial charge in [-0.3, -0.25) is 4.79 Å². The summed E-state index contributed by atoms with van der Waals surface area (Å²) in [5.41, 5.74) is 1.39. The summed E-state index contributed by atoms with van der Waals surface area (Å²) in [7, 11) is 0. The molecule has 3 rings (SSSR count). The number of hydrogen-bond donors (Lipinski definition) is 3. The first-order chi connectivity index (χ1) is 8.83. The van der Waals surface area contributed by atoms with Crippen molar-refractivity contribution in [3.05, 3.63) is 35.9 Å². The van der Waals surface area contributed by atoms with Crippen LogP contribution in [0.5, 0.6) is 0 Å². The minimum Gasteiger partial charge on any atom is -0.367 e. The van der Waals surface area contributed by atoms with Crippen LogP contribution < -0.4 is 10.6 Å². The van der Waals surface area contributed by atoms with E-state index in [0.717, 1.165) is 18.7 Å². The van der Waals surface area contributed by atoms with Crippen LogP contribution in [0.3, 0.4) is 0 Å². The molecule has 2 aromatic rings. The molecule has 0 aromatic carbocycles. The van der Waals surface area contributed by atoms with Gasteiger partial charge in [0.1, 0.15) is 0 Å². The van der Waals surface area contributed by atoms with Gasteiger partial charge in [0.05, 0.1) is 12.2 Å². The van der Waals surface area contributed by atoms with Crippen molar-refractivity contribution in [3.8, 4) is 0 Å². The van der Waals surface area contributed by atoms with E-state index in [9.17, 15) is 4.79 Å². The predicted molar refractivity (Wildman–Crippen MR) is 63.9 cm³/mol. The molecule has 0 unspecified atom stereocenters. The van der Waals surface area contributed by atoms with Gasteiger partial charge in [-0.15, -0.1) is 5.10 Å². The third-order valence-electron chi connectivity index (χ3n) is 2.99. The molecule has 1 amide bonds. The second-order valence-corrected chi connectivity index (χ2v) is 4.30. The summed E-state index contributed by atoms with van der Waals surface area (Å²) >= 11 is 0. The fourth-order valence-electron chi connectivity index (χ4n) is 1.76. The summed E-state index contributed by atoms with van der Waals surface area (Å²) in [5.74, 6) is -0.199. The van der Waals surface area contributed by atoms with Crippen LogP contribution in [0, 0.1) is 0 Å². The smallest absolute Gasteiger partial charge is 0.273 e. The Morgan fingerprint density at radius 2 is 2.44 bits per heavy atom. The molecule has 0 saturated carbocycles. The number of nitrogens with zero attached hydrogens (tertiary/aromatic N) is 3. The first-order valence-electron chi connectivity index (χ1n) is 5.85. The summed E-state index contributed by atoms with van der Waals surface area (Å²) < 4.78 is 1.74. The predicted octanol–water partition coefficient (Wildman–Crippen LogP) is -0.320. The summed E-state index contributed by atoms with van der Waals surface area (Å²) in [4.78, 5) is 14.8. The Morgan fingerprint density at radius 3 is 3.11 bits per heavy atom. The summed E-state index contributed by atoms with van der Waals surface area (Å²) in [6.07, 6.45) is 5.36. The van der Waals surface area contributed by atoms with Gasteiger partial charge < -0.3 is 15.6 Å². The second-order valence-electron chi connectivity index (χ2n) is 4.30. The van der Waals surface area contributed by atoms with Crippen molar-refractivity contribution >= 4 is 5.91 Å². The number of nitrogens with one attached hydrogen (secondary N) is 3. The zero-order chi connectivity index (χ0) is 12.4. The van der Waals surface area contributed by atoms with Crippen molar-refractivity contribution < 1.29 is 4.79 Å². The highest BCUT2D eigenvalue weighted by Crippen LogP contribution is 2.09. The van der Waals surface area contributed by atoms with E-state index in [-0.39, 0.29) is 5.91 Å². The van der Waals surface area contributed by atoms with Gasteiger partial charge in [0.15, 0.2) is 5.69 Å². The Balaban J connectivity index is 1.59. The highest BCUT2D eigenvalue weighted by atomic mass is 16.2. The number of hydrogen-bond acceptors (Lipinski definition) is 4. The Bertz CT molecular complexity index is 527. The molecule has 0 bridgehead atoms. The fraction of sp³-hybridized carbons (Fsp3) is 0.364. The van der Waals surface area contributed by atoms with E-state index in [4.69, 9.17) is 0 Å². The molecule has 0 radical (unpaired) electrons. The van der Waals surface area contributed by atoms with E-state index >= 15 is 0 Å². The monoisotopic (exact) mass is 246 g/mol. The molecule has 7 heteroatoms. The number of amides is 1.